The summed E-state index contributed by atoms with van der Waals surface area (Å²) in [6.45, 7) is 2.41. The third-order valence-electron chi connectivity index (χ3n) is 0.676. The molecule has 1 heterocycles. The average Bonchev–Trinajstić information content (AvgIpc) is 2.08. The number of nitrogens with zero attached hydrogens (tertiary/aromatic N) is 1. The largest absolute Gasteiger partial charge is 0.280 e. The van der Waals surface area contributed by atoms with Gasteiger partial charge in [0.05, 0.1) is 18.5 Å². The normalized spacial score (nSPS) is 7.09. The van der Waals surface area contributed by atoms with Crippen molar-refractivity contribution in [1.82, 2.24) is 4.98 Å². The molecule has 0 aliphatic rings. The molecule has 0 unspecified atom stereocenters. The van der Waals surface area contributed by atoms with Crippen molar-refractivity contribution in [1.29, 1.82) is 0 Å². The van der Waals surface area contributed by atoms with Crippen LogP contribution in [0.4, 0.5) is 0 Å². The van der Waals surface area contributed by atoms with E-state index in [1.54, 1.807) is 12.4 Å². The Labute approximate surface area is 82.6 Å². The first kappa shape index (κ1) is 13.5. The number of halogens is 1. The molecule has 0 saturated carbocycles. The maximum atomic E-state index is 4.69. The topological polar surface area (TPSA) is 22.1 Å². The number of aromatic nitrogens is 1. The second kappa shape index (κ2) is 12.6. The van der Waals surface area contributed by atoms with Gasteiger partial charge in [-0.05, 0) is 19.1 Å². The van der Waals surface area contributed by atoms with E-state index in [2.05, 4.69) is 21.1 Å². The van der Waals surface area contributed by atoms with Crippen LogP contribution < -0.4 is 0 Å². The molecule has 1 aromatic heterocycles. The van der Waals surface area contributed by atoms with Gasteiger partial charge in [0.25, 0.3) is 0 Å². The van der Waals surface area contributed by atoms with Crippen LogP contribution in [0.3, 0.4) is 0 Å². The third kappa shape index (κ3) is 13.0. The van der Waals surface area contributed by atoms with E-state index in [0.29, 0.717) is 6.61 Å². The Morgan fingerprint density at radius 3 is 1.82 bits per heavy atom. The second-order valence-corrected chi connectivity index (χ2v) is 1.64. The van der Waals surface area contributed by atoms with Crippen molar-refractivity contribution in [2.24, 2.45) is 0 Å². The van der Waals surface area contributed by atoms with E-state index in [9.17, 15) is 0 Å². The Balaban J connectivity index is 0. The van der Waals surface area contributed by atoms with Crippen LogP contribution in [0.25, 0.3) is 0 Å². The minimum atomic E-state index is 0. The minimum absolute atomic E-state index is 0. The molecule has 1 rings (SSSR count). The maximum absolute atomic E-state index is 4.69. The summed E-state index contributed by atoms with van der Waals surface area (Å²) in [6, 6.07) is 5.72. The van der Waals surface area contributed by atoms with E-state index in [-0.39, 0.29) is 17.1 Å². The van der Waals surface area contributed by atoms with Crippen LogP contribution in [0.2, 0.25) is 0 Å². The first-order valence-electron chi connectivity index (χ1n) is 3.00. The maximum Gasteiger partial charge on any atom is 0.0654 e. The summed E-state index contributed by atoms with van der Waals surface area (Å²) in [7, 11) is 0. The molecule has 67 valence electrons. The molecule has 0 aliphatic heterocycles. The molecule has 0 fully saturated rings. The molecule has 0 atom stereocenters. The molecule has 11 heavy (non-hydrogen) atoms. The molecule has 0 saturated heterocycles. The molecule has 1 radical (unpaired) electrons. The molecule has 0 aliphatic carbocycles. The zero-order valence-corrected chi connectivity index (χ0v) is 7.83. The zero-order valence-electron chi connectivity index (χ0n) is 6.13. The van der Waals surface area contributed by atoms with Gasteiger partial charge in [0, 0.05) is 29.5 Å². The van der Waals surface area contributed by atoms with Gasteiger partial charge < -0.3 is 0 Å². The quantitative estimate of drug-likeness (QED) is 0.681. The van der Waals surface area contributed by atoms with E-state index in [1.807, 2.05) is 25.1 Å². The molecule has 0 spiro atoms. The molecular formula is C7H10ClCuNO. The van der Waals surface area contributed by atoms with Crippen LogP contribution in [-0.2, 0) is 21.4 Å². The summed E-state index contributed by atoms with van der Waals surface area (Å²) in [5.74, 6) is 0. The fourth-order valence-corrected chi connectivity index (χ4v) is 0.313. The number of hydrogen-bond acceptors (Lipinski definition) is 2. The van der Waals surface area contributed by atoms with Crippen LogP contribution in [0, 0.1) is 0 Å². The van der Waals surface area contributed by atoms with Crippen molar-refractivity contribution in [2.75, 3.05) is 6.61 Å². The first-order valence-corrected chi connectivity index (χ1v) is 3.31. The van der Waals surface area contributed by atoms with Crippen LogP contribution in [0.5, 0.6) is 0 Å². The van der Waals surface area contributed by atoms with Crippen molar-refractivity contribution < 1.29 is 21.4 Å². The molecular weight excluding hydrogens is 213 g/mol. The first-order chi connectivity index (χ1) is 4.91. The fourth-order valence-electron chi connectivity index (χ4n) is 0.313. The summed E-state index contributed by atoms with van der Waals surface area (Å²) in [6.07, 6.45) is 3.50. The minimum Gasteiger partial charge on any atom is -0.280 e. The Bertz CT molecular complexity index is 110. The fraction of sp³-hybridized carbons (Fsp3) is 0.286. The van der Waals surface area contributed by atoms with E-state index in [1.165, 1.54) is 0 Å². The Morgan fingerprint density at radius 1 is 1.27 bits per heavy atom. The summed E-state index contributed by atoms with van der Waals surface area (Å²) < 4.78 is 4.01. The van der Waals surface area contributed by atoms with Crippen molar-refractivity contribution in [3.63, 3.8) is 0 Å². The van der Waals surface area contributed by atoms with Crippen LogP contribution in [0.15, 0.2) is 30.6 Å². The van der Waals surface area contributed by atoms with E-state index in [4.69, 9.17) is 0 Å². The Morgan fingerprint density at radius 2 is 1.73 bits per heavy atom. The molecule has 2 nitrogen and oxygen atoms in total. The van der Waals surface area contributed by atoms with Crippen molar-refractivity contribution in [2.45, 2.75) is 6.92 Å². The Hall–Kier alpha value is -0.0805. The van der Waals surface area contributed by atoms with Gasteiger partial charge in [-0.2, -0.15) is 0 Å². The summed E-state index contributed by atoms with van der Waals surface area (Å²) in [5, 5.41) is 0. The van der Waals surface area contributed by atoms with E-state index in [0.717, 1.165) is 0 Å². The van der Waals surface area contributed by atoms with Gasteiger partial charge in [0.2, 0.25) is 0 Å². The zero-order chi connectivity index (χ0) is 7.66. The van der Waals surface area contributed by atoms with Crippen LogP contribution >= 0.6 is 11.9 Å². The molecule has 4 heteroatoms. The predicted molar refractivity (Wildman–Crippen MR) is 41.7 cm³/mol. The van der Waals surface area contributed by atoms with Gasteiger partial charge in [-0.25, -0.2) is 0 Å². The summed E-state index contributed by atoms with van der Waals surface area (Å²) >= 11 is 4.69. The van der Waals surface area contributed by atoms with Gasteiger partial charge in [-0.1, -0.05) is 6.07 Å². The smallest absolute Gasteiger partial charge is 0.0654 e. The molecule has 0 bridgehead atoms. The van der Waals surface area contributed by atoms with Crippen molar-refractivity contribution in [3.05, 3.63) is 30.6 Å². The van der Waals surface area contributed by atoms with E-state index >= 15 is 0 Å². The Kier molecular flexibility index (Phi) is 15.4. The number of rotatable bonds is 1. The van der Waals surface area contributed by atoms with Crippen molar-refractivity contribution in [3.8, 4) is 0 Å². The van der Waals surface area contributed by atoms with E-state index < -0.39 is 0 Å². The van der Waals surface area contributed by atoms with Gasteiger partial charge in [-0.15, -0.1) is 0 Å². The standard InChI is InChI=1S/C5H5N.C2H5ClO.Cu/c1-2-4-6-5-3-1;1-2-4-3;/h1-5H;2H2,1H3;. The monoisotopic (exact) mass is 222 g/mol. The van der Waals surface area contributed by atoms with Gasteiger partial charge in [0.15, 0.2) is 0 Å². The number of hydrogen-bond donors (Lipinski definition) is 0. The third-order valence-corrected chi connectivity index (χ3v) is 0.894. The van der Waals surface area contributed by atoms with Crippen molar-refractivity contribution >= 4 is 11.9 Å². The number of pyridine rings is 1. The second-order valence-electron chi connectivity index (χ2n) is 1.42. The van der Waals surface area contributed by atoms with Gasteiger partial charge >= 0.3 is 0 Å². The van der Waals surface area contributed by atoms with Crippen LogP contribution in [-0.4, -0.2) is 11.6 Å². The predicted octanol–water partition coefficient (Wildman–Crippen LogP) is 2.26. The molecule has 0 aromatic carbocycles. The molecule has 0 amide bonds. The SMILES string of the molecule is CCOCl.[Cu].c1ccncc1. The van der Waals surface area contributed by atoms with Gasteiger partial charge in [0.1, 0.15) is 0 Å². The summed E-state index contributed by atoms with van der Waals surface area (Å²) in [4.78, 5) is 3.78. The van der Waals surface area contributed by atoms with Gasteiger partial charge in [-0.3, -0.25) is 9.27 Å². The molecule has 0 N–H and O–H groups in total. The summed E-state index contributed by atoms with van der Waals surface area (Å²) in [5.41, 5.74) is 0. The molecule has 1 aromatic rings. The average molecular weight is 223 g/mol. The van der Waals surface area contributed by atoms with Crippen LogP contribution in [0.1, 0.15) is 6.92 Å².